The number of nitrogens with zero attached hydrogens (tertiary/aromatic N) is 1. The first kappa shape index (κ1) is 14.6. The van der Waals surface area contributed by atoms with Crippen molar-refractivity contribution in [2.45, 2.75) is 39.0 Å². The largest absolute Gasteiger partial charge is 0.376 e. The Morgan fingerprint density at radius 2 is 2.26 bits per heavy atom. The molecule has 0 spiro atoms. The van der Waals surface area contributed by atoms with Gasteiger partial charge in [0.25, 0.3) is 0 Å². The van der Waals surface area contributed by atoms with Crippen molar-refractivity contribution in [1.29, 1.82) is 0 Å². The first-order valence-electron chi connectivity index (χ1n) is 6.97. The molecule has 2 rings (SSSR count). The second kappa shape index (κ2) is 6.60. The monoisotopic (exact) mass is 282 g/mol. The number of rotatable bonds is 5. The number of hydrogen-bond acceptors (Lipinski definition) is 3. The van der Waals surface area contributed by atoms with Gasteiger partial charge in [-0.1, -0.05) is 18.5 Å². The van der Waals surface area contributed by atoms with Gasteiger partial charge in [-0.3, -0.25) is 0 Å². The minimum Gasteiger partial charge on any atom is -0.376 e. The van der Waals surface area contributed by atoms with Crippen molar-refractivity contribution < 1.29 is 4.74 Å². The van der Waals surface area contributed by atoms with Crippen molar-refractivity contribution in [3.8, 4) is 0 Å². The number of hydrogen-bond donors (Lipinski definition) is 1. The predicted octanol–water partition coefficient (Wildman–Crippen LogP) is 3.06. The molecule has 0 amide bonds. The Balaban J connectivity index is 2.22. The van der Waals surface area contributed by atoms with E-state index in [9.17, 15) is 0 Å². The molecule has 1 heterocycles. The number of nitrogens with one attached hydrogen (secondary N) is 1. The molecule has 4 heteroatoms. The minimum absolute atomic E-state index is 0.285. The van der Waals surface area contributed by atoms with Crippen LogP contribution in [-0.4, -0.2) is 32.3 Å². The van der Waals surface area contributed by atoms with Crippen LogP contribution in [0, 0.1) is 0 Å². The van der Waals surface area contributed by atoms with Crippen molar-refractivity contribution in [1.82, 2.24) is 5.32 Å². The molecule has 0 radical (unpaired) electrons. The second-order valence-corrected chi connectivity index (χ2v) is 5.53. The average molecular weight is 283 g/mol. The third-order valence-corrected chi connectivity index (χ3v) is 4.06. The smallest absolute Gasteiger partial charge is 0.0750 e. The highest BCUT2D eigenvalue weighted by Crippen LogP contribution is 2.29. The maximum atomic E-state index is 6.12. The average Bonchev–Trinajstić information content (AvgIpc) is 2.82. The van der Waals surface area contributed by atoms with Gasteiger partial charge in [0.1, 0.15) is 0 Å². The molecule has 3 nitrogen and oxygen atoms in total. The predicted molar refractivity (Wildman–Crippen MR) is 81.1 cm³/mol. The van der Waals surface area contributed by atoms with Crippen LogP contribution in [-0.2, 0) is 11.3 Å². The van der Waals surface area contributed by atoms with Gasteiger partial charge in [0, 0.05) is 30.9 Å². The van der Waals surface area contributed by atoms with Gasteiger partial charge in [-0.15, -0.1) is 0 Å². The first-order chi connectivity index (χ1) is 9.13. The Morgan fingerprint density at radius 1 is 1.47 bits per heavy atom. The van der Waals surface area contributed by atoms with Crippen LogP contribution >= 0.6 is 11.6 Å². The molecule has 1 aromatic carbocycles. The maximum absolute atomic E-state index is 6.12. The van der Waals surface area contributed by atoms with Gasteiger partial charge in [-0.2, -0.15) is 0 Å². The molecule has 1 aliphatic rings. The van der Waals surface area contributed by atoms with Crippen LogP contribution in [0.1, 0.15) is 25.8 Å². The topological polar surface area (TPSA) is 24.5 Å². The summed E-state index contributed by atoms with van der Waals surface area (Å²) in [5.41, 5.74) is 2.49. The van der Waals surface area contributed by atoms with Crippen LogP contribution in [0.2, 0.25) is 5.02 Å². The summed E-state index contributed by atoms with van der Waals surface area (Å²) in [7, 11) is 2.15. The molecule has 2 atom stereocenters. The number of halogens is 1. The van der Waals surface area contributed by atoms with E-state index < -0.39 is 0 Å². The third kappa shape index (κ3) is 3.41. The van der Waals surface area contributed by atoms with Gasteiger partial charge in [-0.25, -0.2) is 0 Å². The van der Waals surface area contributed by atoms with E-state index in [-0.39, 0.29) is 6.10 Å². The van der Waals surface area contributed by atoms with Crippen molar-refractivity contribution in [2.24, 2.45) is 0 Å². The lowest BCUT2D eigenvalue weighted by atomic mass is 10.1. The van der Waals surface area contributed by atoms with E-state index in [0.717, 1.165) is 31.1 Å². The summed E-state index contributed by atoms with van der Waals surface area (Å²) in [6.45, 7) is 6.92. The molecule has 1 aliphatic heterocycles. The molecular formula is C15H23ClN2O. The molecule has 1 N–H and O–H groups in total. The van der Waals surface area contributed by atoms with Crippen molar-refractivity contribution in [3.63, 3.8) is 0 Å². The number of likely N-dealkylation sites (N-methyl/N-ethyl adjacent to an activating group) is 1. The fraction of sp³-hybridized carbons (Fsp3) is 0.600. The Morgan fingerprint density at radius 3 is 2.89 bits per heavy atom. The van der Waals surface area contributed by atoms with Crippen LogP contribution in [0.5, 0.6) is 0 Å². The summed E-state index contributed by atoms with van der Waals surface area (Å²) >= 11 is 6.12. The lowest BCUT2D eigenvalue weighted by Gasteiger charge is -2.30. The highest BCUT2D eigenvalue weighted by Gasteiger charge is 2.28. The lowest BCUT2D eigenvalue weighted by Crippen LogP contribution is -2.37. The maximum Gasteiger partial charge on any atom is 0.0750 e. The SMILES string of the molecule is CCNCc1cc(Cl)ccc1N(C)C1CCOC1C. The van der Waals surface area contributed by atoms with E-state index in [1.54, 1.807) is 0 Å². The van der Waals surface area contributed by atoms with Gasteiger partial charge in [0.2, 0.25) is 0 Å². The lowest BCUT2D eigenvalue weighted by molar-refractivity contribution is 0.118. The first-order valence-corrected chi connectivity index (χ1v) is 7.35. The molecule has 1 fully saturated rings. The van der Waals surface area contributed by atoms with Crippen molar-refractivity contribution >= 4 is 17.3 Å². The number of benzene rings is 1. The zero-order valence-corrected chi connectivity index (χ0v) is 12.7. The quantitative estimate of drug-likeness (QED) is 0.898. The van der Waals surface area contributed by atoms with E-state index in [1.165, 1.54) is 11.3 Å². The molecule has 0 aromatic heterocycles. The summed E-state index contributed by atoms with van der Waals surface area (Å²) in [6, 6.07) is 6.57. The third-order valence-electron chi connectivity index (χ3n) is 3.82. The zero-order chi connectivity index (χ0) is 13.8. The van der Waals surface area contributed by atoms with E-state index in [4.69, 9.17) is 16.3 Å². The summed E-state index contributed by atoms with van der Waals surface area (Å²) in [5, 5.41) is 4.16. The van der Waals surface area contributed by atoms with E-state index >= 15 is 0 Å². The van der Waals surface area contributed by atoms with Crippen LogP contribution in [0.3, 0.4) is 0 Å². The molecule has 0 bridgehead atoms. The van der Waals surface area contributed by atoms with Crippen LogP contribution in [0.25, 0.3) is 0 Å². The van der Waals surface area contributed by atoms with Crippen molar-refractivity contribution in [3.05, 3.63) is 28.8 Å². The van der Waals surface area contributed by atoms with Crippen molar-refractivity contribution in [2.75, 3.05) is 25.1 Å². The summed E-state index contributed by atoms with van der Waals surface area (Å²) in [4.78, 5) is 2.33. The molecule has 0 aliphatic carbocycles. The molecule has 1 saturated heterocycles. The van der Waals surface area contributed by atoms with E-state index in [0.29, 0.717) is 6.04 Å². The molecular weight excluding hydrogens is 260 g/mol. The van der Waals surface area contributed by atoms with E-state index in [1.807, 2.05) is 6.07 Å². The molecule has 19 heavy (non-hydrogen) atoms. The van der Waals surface area contributed by atoms with Gasteiger partial charge >= 0.3 is 0 Å². The highest BCUT2D eigenvalue weighted by atomic mass is 35.5. The van der Waals surface area contributed by atoms with Crippen LogP contribution < -0.4 is 10.2 Å². The standard InChI is InChI=1S/C15H23ClN2O/c1-4-17-10-12-9-13(16)5-6-15(12)18(3)14-7-8-19-11(14)2/h5-6,9,11,14,17H,4,7-8,10H2,1-3H3. The Labute approximate surface area is 120 Å². The fourth-order valence-electron chi connectivity index (χ4n) is 2.71. The zero-order valence-electron chi connectivity index (χ0n) is 11.9. The second-order valence-electron chi connectivity index (χ2n) is 5.10. The normalized spacial score (nSPS) is 22.7. The van der Waals surface area contributed by atoms with Crippen LogP contribution in [0.15, 0.2) is 18.2 Å². The molecule has 0 saturated carbocycles. The van der Waals surface area contributed by atoms with Gasteiger partial charge in [0.15, 0.2) is 0 Å². The summed E-state index contributed by atoms with van der Waals surface area (Å²) in [6.07, 6.45) is 1.37. The number of ether oxygens (including phenoxy) is 1. The molecule has 2 unspecified atom stereocenters. The molecule has 1 aromatic rings. The van der Waals surface area contributed by atoms with E-state index in [2.05, 4.69) is 43.2 Å². The Kier molecular flexibility index (Phi) is 5.08. The minimum atomic E-state index is 0.285. The van der Waals surface area contributed by atoms with Crippen LogP contribution in [0.4, 0.5) is 5.69 Å². The highest BCUT2D eigenvalue weighted by molar-refractivity contribution is 6.30. The van der Waals surface area contributed by atoms with Gasteiger partial charge in [-0.05, 0) is 43.7 Å². The summed E-state index contributed by atoms with van der Waals surface area (Å²) in [5.74, 6) is 0. The van der Waals surface area contributed by atoms with Gasteiger partial charge in [0.05, 0.1) is 12.1 Å². The Bertz CT molecular complexity index is 425. The van der Waals surface area contributed by atoms with Gasteiger partial charge < -0.3 is 15.0 Å². The molecule has 106 valence electrons. The number of anilines is 1. The fourth-order valence-corrected chi connectivity index (χ4v) is 2.90. The summed E-state index contributed by atoms with van der Waals surface area (Å²) < 4.78 is 5.67. The Hall–Kier alpha value is -0.770.